The SMILES string of the molecule is COc1ccc2c(c1)C1c3ccccc3C(=O)N1CC2. The Labute approximate surface area is 117 Å². The van der Waals surface area contributed by atoms with Crippen molar-refractivity contribution < 1.29 is 9.53 Å². The Hall–Kier alpha value is -2.29. The summed E-state index contributed by atoms with van der Waals surface area (Å²) >= 11 is 0. The number of rotatable bonds is 1. The first kappa shape index (κ1) is 11.5. The lowest BCUT2D eigenvalue weighted by Gasteiger charge is -2.32. The fourth-order valence-corrected chi connectivity index (χ4v) is 3.36. The molecular formula is C17H15NO2. The third kappa shape index (κ3) is 1.43. The van der Waals surface area contributed by atoms with E-state index in [0.29, 0.717) is 0 Å². The quantitative estimate of drug-likeness (QED) is 0.793. The van der Waals surface area contributed by atoms with E-state index in [1.807, 2.05) is 29.2 Å². The summed E-state index contributed by atoms with van der Waals surface area (Å²) < 4.78 is 5.34. The maximum absolute atomic E-state index is 12.5. The molecule has 0 spiro atoms. The van der Waals surface area contributed by atoms with Gasteiger partial charge in [-0.25, -0.2) is 0 Å². The van der Waals surface area contributed by atoms with Crippen LogP contribution in [0.3, 0.4) is 0 Å². The van der Waals surface area contributed by atoms with Gasteiger partial charge in [-0.15, -0.1) is 0 Å². The van der Waals surface area contributed by atoms with Crippen LogP contribution in [0.25, 0.3) is 0 Å². The van der Waals surface area contributed by atoms with Crippen LogP contribution >= 0.6 is 0 Å². The Bertz CT molecular complexity index is 708. The maximum Gasteiger partial charge on any atom is 0.255 e. The number of carbonyl (C=O) groups is 1. The van der Waals surface area contributed by atoms with Gasteiger partial charge in [0, 0.05) is 12.1 Å². The number of amides is 1. The Morgan fingerprint density at radius 2 is 2.00 bits per heavy atom. The van der Waals surface area contributed by atoms with E-state index in [1.165, 1.54) is 11.1 Å². The summed E-state index contributed by atoms with van der Waals surface area (Å²) in [6, 6.07) is 14.2. The molecule has 0 N–H and O–H groups in total. The number of methoxy groups -OCH3 is 1. The van der Waals surface area contributed by atoms with Crippen LogP contribution in [-0.4, -0.2) is 24.5 Å². The molecule has 20 heavy (non-hydrogen) atoms. The minimum absolute atomic E-state index is 0.0533. The van der Waals surface area contributed by atoms with Gasteiger partial charge in [0.2, 0.25) is 0 Å². The molecule has 2 aliphatic heterocycles. The lowest BCUT2D eigenvalue weighted by atomic mass is 9.90. The van der Waals surface area contributed by atoms with Crippen molar-refractivity contribution in [2.45, 2.75) is 12.5 Å². The van der Waals surface area contributed by atoms with Crippen LogP contribution in [0, 0.1) is 0 Å². The van der Waals surface area contributed by atoms with Gasteiger partial charge < -0.3 is 9.64 Å². The van der Waals surface area contributed by atoms with Crippen LogP contribution in [-0.2, 0) is 6.42 Å². The lowest BCUT2D eigenvalue weighted by molar-refractivity contribution is 0.0740. The second kappa shape index (κ2) is 4.10. The van der Waals surface area contributed by atoms with Crippen molar-refractivity contribution in [3.05, 3.63) is 64.7 Å². The van der Waals surface area contributed by atoms with Crippen molar-refractivity contribution in [2.24, 2.45) is 0 Å². The van der Waals surface area contributed by atoms with Crippen molar-refractivity contribution in [3.63, 3.8) is 0 Å². The third-order valence-electron chi connectivity index (χ3n) is 4.33. The van der Waals surface area contributed by atoms with E-state index in [2.05, 4.69) is 18.2 Å². The smallest absolute Gasteiger partial charge is 0.255 e. The molecule has 0 fully saturated rings. The second-order valence-corrected chi connectivity index (χ2v) is 5.30. The standard InChI is InChI=1S/C17H15NO2/c1-20-12-7-6-11-8-9-18-16(15(11)10-12)13-4-2-3-5-14(13)17(18)19/h2-7,10,16H,8-9H2,1H3. The Kier molecular flexibility index (Phi) is 2.36. The highest BCUT2D eigenvalue weighted by Gasteiger charge is 2.40. The predicted molar refractivity (Wildman–Crippen MR) is 76.0 cm³/mol. The number of fused-ring (bicyclic) bond motifs is 5. The van der Waals surface area contributed by atoms with E-state index in [9.17, 15) is 4.79 Å². The van der Waals surface area contributed by atoms with Crippen molar-refractivity contribution >= 4 is 5.91 Å². The fraction of sp³-hybridized carbons (Fsp3) is 0.235. The zero-order valence-electron chi connectivity index (χ0n) is 11.3. The molecule has 0 aromatic heterocycles. The molecule has 3 nitrogen and oxygen atoms in total. The van der Waals surface area contributed by atoms with Gasteiger partial charge in [-0.1, -0.05) is 24.3 Å². The molecule has 100 valence electrons. The first-order valence-electron chi connectivity index (χ1n) is 6.86. The number of carbonyl (C=O) groups excluding carboxylic acids is 1. The van der Waals surface area contributed by atoms with Crippen LogP contribution in [0.4, 0.5) is 0 Å². The van der Waals surface area contributed by atoms with Gasteiger partial charge in [0.1, 0.15) is 5.75 Å². The van der Waals surface area contributed by atoms with Gasteiger partial charge in [0.05, 0.1) is 13.2 Å². The maximum atomic E-state index is 12.5. The molecule has 0 radical (unpaired) electrons. The molecule has 1 amide bonds. The summed E-state index contributed by atoms with van der Waals surface area (Å²) in [5, 5.41) is 0. The number of ether oxygens (including phenoxy) is 1. The summed E-state index contributed by atoms with van der Waals surface area (Å²) in [5.41, 5.74) is 4.48. The number of hydrogen-bond donors (Lipinski definition) is 0. The van der Waals surface area contributed by atoms with E-state index in [0.717, 1.165) is 29.8 Å². The van der Waals surface area contributed by atoms with Crippen LogP contribution in [0.1, 0.15) is 33.1 Å². The van der Waals surface area contributed by atoms with E-state index in [4.69, 9.17) is 4.74 Å². The minimum atomic E-state index is 0.0533. The zero-order valence-corrected chi connectivity index (χ0v) is 11.3. The van der Waals surface area contributed by atoms with Gasteiger partial charge in [-0.05, 0) is 41.3 Å². The highest BCUT2D eigenvalue weighted by molar-refractivity contribution is 6.00. The molecule has 1 unspecified atom stereocenters. The summed E-state index contributed by atoms with van der Waals surface area (Å²) in [6.45, 7) is 0.789. The molecule has 1 atom stereocenters. The molecule has 0 saturated carbocycles. The summed E-state index contributed by atoms with van der Waals surface area (Å²) in [7, 11) is 1.68. The number of benzene rings is 2. The third-order valence-corrected chi connectivity index (χ3v) is 4.33. The van der Waals surface area contributed by atoms with Gasteiger partial charge in [-0.3, -0.25) is 4.79 Å². The second-order valence-electron chi connectivity index (χ2n) is 5.30. The first-order valence-corrected chi connectivity index (χ1v) is 6.86. The number of hydrogen-bond acceptors (Lipinski definition) is 2. The average Bonchev–Trinajstić information content (AvgIpc) is 2.81. The Morgan fingerprint density at radius 3 is 2.85 bits per heavy atom. The lowest BCUT2D eigenvalue weighted by Crippen LogP contribution is -2.35. The van der Waals surface area contributed by atoms with E-state index in [1.54, 1.807) is 7.11 Å². The molecule has 0 saturated heterocycles. The van der Waals surface area contributed by atoms with E-state index in [-0.39, 0.29) is 11.9 Å². The molecule has 2 aliphatic rings. The van der Waals surface area contributed by atoms with Gasteiger partial charge >= 0.3 is 0 Å². The summed E-state index contributed by atoms with van der Waals surface area (Å²) in [6.07, 6.45) is 0.912. The molecule has 0 bridgehead atoms. The molecule has 2 heterocycles. The highest BCUT2D eigenvalue weighted by Crippen LogP contribution is 2.43. The van der Waals surface area contributed by atoms with Crippen molar-refractivity contribution in [1.29, 1.82) is 0 Å². The van der Waals surface area contributed by atoms with Crippen molar-refractivity contribution in [1.82, 2.24) is 4.90 Å². The van der Waals surface area contributed by atoms with Crippen LogP contribution < -0.4 is 4.74 Å². The van der Waals surface area contributed by atoms with Crippen molar-refractivity contribution in [3.8, 4) is 5.75 Å². The van der Waals surface area contributed by atoms with Crippen LogP contribution in [0.15, 0.2) is 42.5 Å². The van der Waals surface area contributed by atoms with Crippen molar-refractivity contribution in [2.75, 3.05) is 13.7 Å². The first-order chi connectivity index (χ1) is 9.79. The largest absolute Gasteiger partial charge is 0.497 e. The van der Waals surface area contributed by atoms with Gasteiger partial charge in [0.25, 0.3) is 5.91 Å². The van der Waals surface area contributed by atoms with E-state index < -0.39 is 0 Å². The average molecular weight is 265 g/mol. The minimum Gasteiger partial charge on any atom is -0.497 e. The molecular weight excluding hydrogens is 250 g/mol. The normalized spacial score (nSPS) is 19.4. The predicted octanol–water partition coefficient (Wildman–Crippen LogP) is 2.80. The topological polar surface area (TPSA) is 29.5 Å². The molecule has 2 aromatic rings. The Morgan fingerprint density at radius 1 is 1.15 bits per heavy atom. The fourth-order valence-electron chi connectivity index (χ4n) is 3.36. The number of nitrogens with zero attached hydrogens (tertiary/aromatic N) is 1. The summed E-state index contributed by atoms with van der Waals surface area (Å²) in [4.78, 5) is 14.5. The van der Waals surface area contributed by atoms with Crippen LogP contribution in [0.5, 0.6) is 5.75 Å². The monoisotopic (exact) mass is 265 g/mol. The molecule has 4 rings (SSSR count). The Balaban J connectivity index is 1.93. The van der Waals surface area contributed by atoms with Gasteiger partial charge in [-0.2, -0.15) is 0 Å². The van der Waals surface area contributed by atoms with E-state index >= 15 is 0 Å². The van der Waals surface area contributed by atoms with Gasteiger partial charge in [0.15, 0.2) is 0 Å². The van der Waals surface area contributed by atoms with Crippen LogP contribution in [0.2, 0.25) is 0 Å². The zero-order chi connectivity index (χ0) is 13.7. The summed E-state index contributed by atoms with van der Waals surface area (Å²) in [5.74, 6) is 1.00. The molecule has 0 aliphatic carbocycles. The molecule has 2 aromatic carbocycles. The molecule has 3 heteroatoms. The highest BCUT2D eigenvalue weighted by atomic mass is 16.5.